The predicted molar refractivity (Wildman–Crippen MR) is 87.2 cm³/mol. The van der Waals surface area contributed by atoms with Crippen LogP contribution in [0.25, 0.3) is 0 Å². The Morgan fingerprint density at radius 2 is 2.05 bits per heavy atom. The number of hydrogen-bond donors (Lipinski definition) is 1. The number of carbonyl (C=O) groups is 2. The molecule has 0 spiro atoms. The number of carboxylic acid groups (broad SMARTS) is 1. The van der Waals surface area contributed by atoms with E-state index >= 15 is 0 Å². The van der Waals surface area contributed by atoms with Crippen molar-refractivity contribution in [3.63, 3.8) is 0 Å². The molecule has 2 rings (SSSR count). The number of carbonyl (C=O) groups excluding carboxylic acids is 1. The van der Waals surface area contributed by atoms with Gasteiger partial charge in [0.25, 0.3) is 0 Å². The summed E-state index contributed by atoms with van der Waals surface area (Å²) in [5.41, 5.74) is 3.57. The van der Waals surface area contributed by atoms with E-state index in [1.54, 1.807) is 0 Å². The molecule has 1 N–H and O–H groups in total. The van der Waals surface area contributed by atoms with Crippen LogP contribution in [0.15, 0.2) is 18.2 Å². The van der Waals surface area contributed by atoms with E-state index < -0.39 is 5.97 Å². The minimum Gasteiger partial charge on any atom is -0.481 e. The van der Waals surface area contributed by atoms with Crippen molar-refractivity contribution in [2.45, 2.75) is 58.3 Å². The predicted octanol–water partition coefficient (Wildman–Crippen LogP) is 3.56. The highest BCUT2D eigenvalue weighted by atomic mass is 16.4. The maximum atomic E-state index is 12.2. The second kappa shape index (κ2) is 7.97. The number of benzene rings is 1. The molecule has 0 radical (unpaired) electrons. The molecule has 4 nitrogen and oxygen atoms in total. The van der Waals surface area contributed by atoms with Gasteiger partial charge in [0.05, 0.1) is 0 Å². The molecule has 0 aromatic heterocycles. The topological polar surface area (TPSA) is 57.6 Å². The van der Waals surface area contributed by atoms with Gasteiger partial charge in [-0.3, -0.25) is 9.59 Å². The third-order valence-corrected chi connectivity index (χ3v) is 4.13. The molecule has 4 heteroatoms. The van der Waals surface area contributed by atoms with E-state index in [0.717, 1.165) is 44.3 Å². The SMILES string of the molecule is CCCC(=O)N1CCCc2cc(CCCCC(=O)O)ccc21. The van der Waals surface area contributed by atoms with Crippen molar-refractivity contribution in [2.24, 2.45) is 0 Å². The Morgan fingerprint density at radius 3 is 2.77 bits per heavy atom. The number of fused-ring (bicyclic) bond motifs is 1. The Bertz CT molecular complexity index is 539. The van der Waals surface area contributed by atoms with E-state index in [9.17, 15) is 9.59 Å². The average Bonchev–Trinajstić information content (AvgIpc) is 2.50. The number of nitrogens with zero attached hydrogens (tertiary/aromatic N) is 1. The van der Waals surface area contributed by atoms with Crippen molar-refractivity contribution in [3.05, 3.63) is 29.3 Å². The van der Waals surface area contributed by atoms with E-state index in [2.05, 4.69) is 18.2 Å². The quantitative estimate of drug-likeness (QED) is 0.783. The lowest BCUT2D eigenvalue weighted by atomic mass is 9.96. The molecule has 0 atom stereocenters. The maximum absolute atomic E-state index is 12.2. The standard InChI is InChI=1S/C18H25NO3/c1-2-6-17(20)19-12-5-8-15-13-14(10-11-16(15)19)7-3-4-9-18(21)22/h10-11,13H,2-9,12H2,1H3,(H,21,22). The molecule has 0 saturated heterocycles. The number of amides is 1. The Kier molecular flexibility index (Phi) is 5.99. The summed E-state index contributed by atoms with van der Waals surface area (Å²) in [6.07, 6.45) is 6.28. The fourth-order valence-electron chi connectivity index (χ4n) is 3.02. The smallest absolute Gasteiger partial charge is 0.303 e. The number of hydrogen-bond acceptors (Lipinski definition) is 2. The fourth-order valence-corrected chi connectivity index (χ4v) is 3.02. The molecule has 1 heterocycles. The van der Waals surface area contributed by atoms with Crippen LogP contribution in [0.3, 0.4) is 0 Å². The van der Waals surface area contributed by atoms with Crippen molar-refractivity contribution in [1.82, 2.24) is 0 Å². The summed E-state index contributed by atoms with van der Waals surface area (Å²) in [5, 5.41) is 8.66. The van der Waals surface area contributed by atoms with Crippen LogP contribution in [0.4, 0.5) is 5.69 Å². The Morgan fingerprint density at radius 1 is 1.23 bits per heavy atom. The van der Waals surface area contributed by atoms with Crippen LogP contribution in [0.1, 0.15) is 56.6 Å². The second-order valence-corrected chi connectivity index (χ2v) is 5.96. The first kappa shape index (κ1) is 16.5. The summed E-state index contributed by atoms with van der Waals surface area (Å²) in [6.45, 7) is 2.85. The third-order valence-electron chi connectivity index (χ3n) is 4.13. The minimum atomic E-state index is -0.726. The molecule has 0 unspecified atom stereocenters. The molecule has 22 heavy (non-hydrogen) atoms. The van der Waals surface area contributed by atoms with E-state index in [4.69, 9.17) is 5.11 Å². The first-order valence-corrected chi connectivity index (χ1v) is 8.25. The van der Waals surface area contributed by atoms with Gasteiger partial charge in [-0.25, -0.2) is 0 Å². The average molecular weight is 303 g/mol. The summed E-state index contributed by atoms with van der Waals surface area (Å²) >= 11 is 0. The van der Waals surface area contributed by atoms with Crippen molar-refractivity contribution in [2.75, 3.05) is 11.4 Å². The van der Waals surface area contributed by atoms with Crippen LogP contribution in [0.2, 0.25) is 0 Å². The lowest BCUT2D eigenvalue weighted by Crippen LogP contribution is -2.35. The molecule has 1 aliphatic heterocycles. The molecule has 0 bridgehead atoms. The van der Waals surface area contributed by atoms with Gasteiger partial charge in [0.15, 0.2) is 0 Å². The Labute approximate surface area is 132 Å². The highest BCUT2D eigenvalue weighted by Gasteiger charge is 2.21. The van der Waals surface area contributed by atoms with Gasteiger partial charge >= 0.3 is 5.97 Å². The van der Waals surface area contributed by atoms with Crippen LogP contribution < -0.4 is 4.90 Å². The Balaban J connectivity index is 2.01. The zero-order chi connectivity index (χ0) is 15.9. The van der Waals surface area contributed by atoms with E-state index in [1.807, 2.05) is 11.8 Å². The minimum absolute atomic E-state index is 0.220. The first-order valence-electron chi connectivity index (χ1n) is 8.25. The van der Waals surface area contributed by atoms with Gasteiger partial charge in [0.1, 0.15) is 0 Å². The summed E-state index contributed by atoms with van der Waals surface area (Å²) in [6, 6.07) is 6.34. The summed E-state index contributed by atoms with van der Waals surface area (Å²) in [5.74, 6) is -0.506. The van der Waals surface area contributed by atoms with Gasteiger partial charge in [-0.05, 0) is 55.7 Å². The van der Waals surface area contributed by atoms with Crippen LogP contribution in [0.5, 0.6) is 0 Å². The lowest BCUT2D eigenvalue weighted by Gasteiger charge is -2.30. The number of aryl methyl sites for hydroxylation is 2. The van der Waals surface area contributed by atoms with Crippen molar-refractivity contribution >= 4 is 17.6 Å². The number of aliphatic carboxylic acids is 1. The van der Waals surface area contributed by atoms with Gasteiger partial charge in [0.2, 0.25) is 5.91 Å². The number of rotatable bonds is 7. The van der Waals surface area contributed by atoms with Crippen LogP contribution in [-0.2, 0) is 22.4 Å². The lowest BCUT2D eigenvalue weighted by molar-refractivity contribution is -0.137. The molecule has 0 aliphatic carbocycles. The van der Waals surface area contributed by atoms with Crippen molar-refractivity contribution in [3.8, 4) is 0 Å². The summed E-state index contributed by atoms with van der Waals surface area (Å²) in [7, 11) is 0. The molecule has 120 valence electrons. The summed E-state index contributed by atoms with van der Waals surface area (Å²) < 4.78 is 0. The molecule has 1 aromatic carbocycles. The van der Waals surface area contributed by atoms with Crippen LogP contribution in [-0.4, -0.2) is 23.5 Å². The molecule has 0 saturated carbocycles. The monoisotopic (exact) mass is 303 g/mol. The van der Waals surface area contributed by atoms with E-state index in [-0.39, 0.29) is 12.3 Å². The maximum Gasteiger partial charge on any atom is 0.303 e. The van der Waals surface area contributed by atoms with Crippen LogP contribution >= 0.6 is 0 Å². The molecule has 1 aromatic rings. The zero-order valence-electron chi connectivity index (χ0n) is 13.3. The van der Waals surface area contributed by atoms with Gasteiger partial charge in [-0.2, -0.15) is 0 Å². The zero-order valence-corrected chi connectivity index (χ0v) is 13.3. The van der Waals surface area contributed by atoms with Gasteiger partial charge in [-0.1, -0.05) is 19.1 Å². The van der Waals surface area contributed by atoms with Gasteiger partial charge in [0, 0.05) is 25.1 Å². The molecular weight excluding hydrogens is 278 g/mol. The second-order valence-electron chi connectivity index (χ2n) is 5.96. The highest BCUT2D eigenvalue weighted by molar-refractivity contribution is 5.94. The molecule has 1 amide bonds. The van der Waals surface area contributed by atoms with Gasteiger partial charge < -0.3 is 10.0 Å². The van der Waals surface area contributed by atoms with Crippen molar-refractivity contribution in [1.29, 1.82) is 0 Å². The van der Waals surface area contributed by atoms with Crippen molar-refractivity contribution < 1.29 is 14.7 Å². The largest absolute Gasteiger partial charge is 0.481 e. The van der Waals surface area contributed by atoms with E-state index in [0.29, 0.717) is 12.8 Å². The highest BCUT2D eigenvalue weighted by Crippen LogP contribution is 2.29. The summed E-state index contributed by atoms with van der Waals surface area (Å²) in [4.78, 5) is 24.6. The molecule has 0 fully saturated rings. The number of unbranched alkanes of at least 4 members (excludes halogenated alkanes) is 1. The first-order chi connectivity index (χ1) is 10.6. The van der Waals surface area contributed by atoms with Crippen LogP contribution in [0, 0.1) is 0 Å². The van der Waals surface area contributed by atoms with Gasteiger partial charge in [-0.15, -0.1) is 0 Å². The third kappa shape index (κ3) is 4.33. The number of carboxylic acids is 1. The fraction of sp³-hybridized carbons (Fsp3) is 0.556. The van der Waals surface area contributed by atoms with E-state index in [1.165, 1.54) is 11.1 Å². The normalized spacial score (nSPS) is 13.8. The Hall–Kier alpha value is -1.84. The molecule has 1 aliphatic rings. The number of anilines is 1. The molecular formula is C18H25NO3.